The number of halogens is 1. The molecule has 23 heavy (non-hydrogen) atoms. The second kappa shape index (κ2) is 7.19. The maximum Gasteiger partial charge on any atom is 0.252 e. The van der Waals surface area contributed by atoms with Crippen molar-refractivity contribution in [3.63, 3.8) is 0 Å². The van der Waals surface area contributed by atoms with Gasteiger partial charge in [0.2, 0.25) is 0 Å². The van der Waals surface area contributed by atoms with Crippen LogP contribution >= 0.6 is 15.9 Å². The number of hydrogen-bond donors (Lipinski definition) is 1. The van der Waals surface area contributed by atoms with E-state index in [0.717, 1.165) is 22.1 Å². The van der Waals surface area contributed by atoms with Gasteiger partial charge < -0.3 is 5.32 Å². The molecule has 0 spiro atoms. The molecule has 0 atom stereocenters. The summed E-state index contributed by atoms with van der Waals surface area (Å²) in [5.74, 6) is -0.119. The predicted molar refractivity (Wildman–Crippen MR) is 91.5 cm³/mol. The molecule has 0 aliphatic carbocycles. The van der Waals surface area contributed by atoms with Crippen LogP contribution in [0, 0.1) is 0 Å². The summed E-state index contributed by atoms with van der Waals surface area (Å²) < 4.78 is 2.60. The summed E-state index contributed by atoms with van der Waals surface area (Å²) in [4.78, 5) is 16.0. The molecule has 3 aromatic rings. The molecule has 0 saturated carbocycles. The fraction of sp³-hybridized carbons (Fsp3) is 0.118. The average Bonchev–Trinajstić information content (AvgIpc) is 3.10. The fourth-order valence-corrected chi connectivity index (χ4v) is 2.56. The Morgan fingerprint density at radius 2 is 2.04 bits per heavy atom. The molecule has 0 aliphatic heterocycles. The molecule has 0 saturated heterocycles. The molecule has 0 unspecified atom stereocenters. The van der Waals surface area contributed by atoms with Crippen LogP contribution in [-0.2, 0) is 6.42 Å². The van der Waals surface area contributed by atoms with E-state index in [1.807, 2.05) is 41.2 Å². The second-order valence-corrected chi connectivity index (χ2v) is 5.93. The Kier molecular flexibility index (Phi) is 4.83. The summed E-state index contributed by atoms with van der Waals surface area (Å²) in [5.41, 5.74) is 2.73. The maximum atomic E-state index is 12.0. The van der Waals surface area contributed by atoms with Gasteiger partial charge in [-0.05, 0) is 52.2 Å². The quantitative estimate of drug-likeness (QED) is 0.750. The van der Waals surface area contributed by atoms with Gasteiger partial charge >= 0.3 is 0 Å². The summed E-state index contributed by atoms with van der Waals surface area (Å²) in [5, 5.41) is 7.09. The number of carbonyl (C=O) groups is 1. The van der Waals surface area contributed by atoms with Crippen LogP contribution in [-0.4, -0.2) is 27.2 Å². The summed E-state index contributed by atoms with van der Waals surface area (Å²) in [6, 6.07) is 11.8. The average molecular weight is 371 g/mol. The minimum Gasteiger partial charge on any atom is -0.352 e. The Morgan fingerprint density at radius 3 is 2.74 bits per heavy atom. The number of nitrogens with zero attached hydrogens (tertiary/aromatic N) is 3. The van der Waals surface area contributed by atoms with E-state index in [1.165, 1.54) is 0 Å². The van der Waals surface area contributed by atoms with Crippen molar-refractivity contribution in [1.29, 1.82) is 0 Å². The molecule has 2 aromatic heterocycles. The molecule has 0 bridgehead atoms. The first-order valence-corrected chi connectivity index (χ1v) is 7.99. The molecule has 1 amide bonds. The molecule has 1 aromatic carbocycles. The highest BCUT2D eigenvalue weighted by molar-refractivity contribution is 9.10. The zero-order chi connectivity index (χ0) is 16.1. The van der Waals surface area contributed by atoms with Crippen LogP contribution in [0.3, 0.4) is 0 Å². The van der Waals surface area contributed by atoms with Crippen molar-refractivity contribution in [2.24, 2.45) is 0 Å². The molecule has 5 nitrogen and oxygen atoms in total. The van der Waals surface area contributed by atoms with E-state index in [9.17, 15) is 4.79 Å². The number of benzene rings is 1. The maximum absolute atomic E-state index is 12.0. The summed E-state index contributed by atoms with van der Waals surface area (Å²) in [7, 11) is 0. The molecule has 6 heteroatoms. The van der Waals surface area contributed by atoms with Crippen molar-refractivity contribution in [2.75, 3.05) is 6.54 Å². The van der Waals surface area contributed by atoms with Gasteiger partial charge in [-0.3, -0.25) is 9.78 Å². The SMILES string of the molecule is O=C(NCCc1ccc(-n2cccn2)cc1)c1cncc(Br)c1. The van der Waals surface area contributed by atoms with Gasteiger partial charge in [-0.2, -0.15) is 5.10 Å². The molecule has 0 aliphatic rings. The summed E-state index contributed by atoms with van der Waals surface area (Å²) >= 11 is 3.31. The second-order valence-electron chi connectivity index (χ2n) is 5.01. The molecule has 1 N–H and O–H groups in total. The summed E-state index contributed by atoms with van der Waals surface area (Å²) in [6.45, 7) is 0.576. The van der Waals surface area contributed by atoms with Crippen LogP contribution in [0.5, 0.6) is 0 Å². The number of hydrogen-bond acceptors (Lipinski definition) is 3. The number of nitrogens with one attached hydrogen (secondary N) is 1. The normalized spacial score (nSPS) is 10.5. The van der Waals surface area contributed by atoms with Crippen molar-refractivity contribution < 1.29 is 4.79 Å². The van der Waals surface area contributed by atoms with E-state index in [4.69, 9.17) is 0 Å². The third-order valence-corrected chi connectivity index (χ3v) is 3.81. The van der Waals surface area contributed by atoms with Gasteiger partial charge in [0.15, 0.2) is 0 Å². The van der Waals surface area contributed by atoms with E-state index in [0.29, 0.717) is 12.1 Å². The lowest BCUT2D eigenvalue weighted by atomic mass is 10.1. The Hall–Kier alpha value is -2.47. The molecular weight excluding hydrogens is 356 g/mol. The van der Waals surface area contributed by atoms with E-state index in [2.05, 4.69) is 31.3 Å². The highest BCUT2D eigenvalue weighted by atomic mass is 79.9. The molecule has 0 radical (unpaired) electrons. The molecule has 2 heterocycles. The van der Waals surface area contributed by atoms with Crippen molar-refractivity contribution in [3.05, 3.63) is 76.8 Å². The smallest absolute Gasteiger partial charge is 0.252 e. The Morgan fingerprint density at radius 1 is 1.22 bits per heavy atom. The third-order valence-electron chi connectivity index (χ3n) is 3.37. The Balaban J connectivity index is 1.53. The van der Waals surface area contributed by atoms with Gasteiger partial charge in [0.25, 0.3) is 5.91 Å². The van der Waals surface area contributed by atoms with Gasteiger partial charge in [-0.15, -0.1) is 0 Å². The first-order valence-electron chi connectivity index (χ1n) is 7.20. The number of aromatic nitrogens is 3. The first-order chi connectivity index (χ1) is 11.2. The fourth-order valence-electron chi connectivity index (χ4n) is 2.20. The lowest BCUT2D eigenvalue weighted by Gasteiger charge is -2.07. The summed E-state index contributed by atoms with van der Waals surface area (Å²) in [6.07, 6.45) is 7.63. The van der Waals surface area contributed by atoms with Gasteiger partial charge in [0.05, 0.1) is 11.3 Å². The Labute approximate surface area is 142 Å². The predicted octanol–water partition coefficient (Wildman–Crippen LogP) is 3.00. The molecular formula is C17H15BrN4O. The largest absolute Gasteiger partial charge is 0.352 e. The standard InChI is InChI=1S/C17H15BrN4O/c18-15-10-14(11-19-12-15)17(23)20-8-6-13-2-4-16(5-3-13)22-9-1-7-21-22/h1-5,7,9-12H,6,8H2,(H,20,23). The van der Waals surface area contributed by atoms with Crippen molar-refractivity contribution >= 4 is 21.8 Å². The number of pyridine rings is 1. The van der Waals surface area contributed by atoms with Gasteiger partial charge in [0.1, 0.15) is 0 Å². The van der Waals surface area contributed by atoms with E-state index in [1.54, 1.807) is 24.7 Å². The number of carbonyl (C=O) groups excluding carboxylic acids is 1. The topological polar surface area (TPSA) is 59.8 Å². The van der Waals surface area contributed by atoms with Crippen LogP contribution in [0.15, 0.2) is 65.7 Å². The molecule has 3 rings (SSSR count). The van der Waals surface area contributed by atoms with Crippen LogP contribution < -0.4 is 5.32 Å². The molecule has 0 fully saturated rings. The lowest BCUT2D eigenvalue weighted by molar-refractivity contribution is 0.0953. The highest BCUT2D eigenvalue weighted by Crippen LogP contribution is 2.10. The lowest BCUT2D eigenvalue weighted by Crippen LogP contribution is -2.25. The number of rotatable bonds is 5. The number of amides is 1. The molecule has 116 valence electrons. The highest BCUT2D eigenvalue weighted by Gasteiger charge is 2.06. The van der Waals surface area contributed by atoms with Crippen molar-refractivity contribution in [3.8, 4) is 5.69 Å². The zero-order valence-electron chi connectivity index (χ0n) is 12.3. The van der Waals surface area contributed by atoms with E-state index < -0.39 is 0 Å². The minimum atomic E-state index is -0.119. The van der Waals surface area contributed by atoms with Gasteiger partial charge in [-0.25, -0.2) is 4.68 Å². The van der Waals surface area contributed by atoms with Gasteiger partial charge in [0, 0.05) is 35.8 Å². The van der Waals surface area contributed by atoms with E-state index >= 15 is 0 Å². The minimum absolute atomic E-state index is 0.119. The van der Waals surface area contributed by atoms with Gasteiger partial charge in [-0.1, -0.05) is 12.1 Å². The third kappa shape index (κ3) is 4.04. The van der Waals surface area contributed by atoms with Crippen LogP contribution in [0.4, 0.5) is 0 Å². The van der Waals surface area contributed by atoms with Crippen molar-refractivity contribution in [2.45, 2.75) is 6.42 Å². The van der Waals surface area contributed by atoms with Crippen LogP contribution in [0.1, 0.15) is 15.9 Å². The first kappa shape index (κ1) is 15.4. The monoisotopic (exact) mass is 370 g/mol. The Bertz CT molecular complexity index is 785. The van der Waals surface area contributed by atoms with Crippen molar-refractivity contribution in [1.82, 2.24) is 20.1 Å². The van der Waals surface area contributed by atoms with Crippen LogP contribution in [0.25, 0.3) is 5.69 Å². The zero-order valence-corrected chi connectivity index (χ0v) is 13.9. The van der Waals surface area contributed by atoms with Crippen LogP contribution in [0.2, 0.25) is 0 Å². The van der Waals surface area contributed by atoms with E-state index in [-0.39, 0.29) is 5.91 Å².